The van der Waals surface area contributed by atoms with Gasteiger partial charge < -0.3 is 4.74 Å². The van der Waals surface area contributed by atoms with E-state index in [2.05, 4.69) is 4.74 Å². The molecule has 0 N–H and O–H groups in total. The van der Waals surface area contributed by atoms with Crippen LogP contribution in [0.15, 0.2) is 36.4 Å². The molecule has 1 heterocycles. The van der Waals surface area contributed by atoms with Gasteiger partial charge in [0, 0.05) is 17.0 Å². The van der Waals surface area contributed by atoms with E-state index in [4.69, 9.17) is 0 Å². The maximum absolute atomic E-state index is 14.3. The molecule has 2 aromatic carbocycles. The summed E-state index contributed by atoms with van der Waals surface area (Å²) in [4.78, 5) is 0.792. The minimum absolute atomic E-state index is 0.0538. The third-order valence-electron chi connectivity index (χ3n) is 3.83. The van der Waals surface area contributed by atoms with Gasteiger partial charge in [0.1, 0.15) is 17.4 Å². The number of hydrogen-bond donors (Lipinski definition) is 0. The van der Waals surface area contributed by atoms with Gasteiger partial charge >= 0.3 is 6.11 Å². The Morgan fingerprint density at radius 1 is 0.857 bits per heavy atom. The Balaban J connectivity index is 1.93. The lowest BCUT2D eigenvalue weighted by Crippen LogP contribution is -2.23. The van der Waals surface area contributed by atoms with E-state index in [-0.39, 0.29) is 22.6 Å². The van der Waals surface area contributed by atoms with Crippen LogP contribution < -0.4 is 4.74 Å². The molecule has 148 valence electrons. The molecule has 0 aliphatic heterocycles. The van der Waals surface area contributed by atoms with Crippen LogP contribution in [0.2, 0.25) is 0 Å². The lowest BCUT2D eigenvalue weighted by molar-refractivity contribution is -0.187. The topological polar surface area (TPSA) is 9.23 Å². The number of ether oxygens (including phenoxy) is 1. The maximum Gasteiger partial charge on any atom is 0.429 e. The number of thiophene rings is 1. The van der Waals surface area contributed by atoms with Crippen LogP contribution >= 0.6 is 11.3 Å². The van der Waals surface area contributed by atoms with Crippen LogP contribution in [0.5, 0.6) is 5.75 Å². The van der Waals surface area contributed by atoms with Gasteiger partial charge in [0.2, 0.25) is 0 Å². The molecule has 0 saturated heterocycles. The predicted octanol–water partition coefficient (Wildman–Crippen LogP) is 6.80. The number of rotatable bonds is 5. The van der Waals surface area contributed by atoms with Gasteiger partial charge in [-0.1, -0.05) is 13.0 Å². The minimum Gasteiger partial charge on any atom is -0.429 e. The Kier molecular flexibility index (Phi) is 5.38. The molecule has 0 fully saturated rings. The average molecular weight is 420 g/mol. The SMILES string of the molecule is CCc1cc(F)c(-c2ccc(C(F)(F)Oc3cc(F)c(F)c(F)c3)c(F)c2)s1. The molecule has 0 spiro atoms. The van der Waals surface area contributed by atoms with Crippen LogP contribution in [0.25, 0.3) is 10.4 Å². The van der Waals surface area contributed by atoms with Crippen LogP contribution in [0, 0.1) is 29.1 Å². The molecule has 0 unspecified atom stereocenters. The zero-order valence-electron chi connectivity index (χ0n) is 14.1. The largest absolute Gasteiger partial charge is 0.429 e. The Hall–Kier alpha value is -2.55. The summed E-state index contributed by atoms with van der Waals surface area (Å²) in [6, 6.07) is 4.19. The van der Waals surface area contributed by atoms with Gasteiger partial charge in [-0.05, 0) is 30.2 Å². The molecular formula is C19H11F7OS. The Morgan fingerprint density at radius 3 is 2.04 bits per heavy atom. The maximum atomic E-state index is 14.3. The van der Waals surface area contributed by atoms with E-state index in [1.165, 1.54) is 6.07 Å². The van der Waals surface area contributed by atoms with E-state index >= 15 is 0 Å². The van der Waals surface area contributed by atoms with E-state index in [0.717, 1.165) is 17.4 Å². The number of alkyl halides is 2. The summed E-state index contributed by atoms with van der Waals surface area (Å²) in [5.41, 5.74) is -1.17. The summed E-state index contributed by atoms with van der Waals surface area (Å²) in [6.07, 6.45) is -3.76. The van der Waals surface area contributed by atoms with Crippen LogP contribution in [0.1, 0.15) is 17.4 Å². The second kappa shape index (κ2) is 7.46. The van der Waals surface area contributed by atoms with Crippen LogP contribution in [0.4, 0.5) is 30.7 Å². The summed E-state index contributed by atoms with van der Waals surface area (Å²) in [6.45, 7) is 1.80. The van der Waals surface area contributed by atoms with Crippen molar-refractivity contribution in [2.45, 2.75) is 19.5 Å². The molecule has 3 aromatic rings. The Morgan fingerprint density at radius 2 is 1.50 bits per heavy atom. The lowest BCUT2D eigenvalue weighted by atomic mass is 10.1. The van der Waals surface area contributed by atoms with Gasteiger partial charge in [-0.25, -0.2) is 22.0 Å². The first-order valence-corrected chi connectivity index (χ1v) is 8.74. The number of benzene rings is 2. The van der Waals surface area contributed by atoms with Crippen molar-refractivity contribution in [3.8, 4) is 16.2 Å². The van der Waals surface area contributed by atoms with Crippen molar-refractivity contribution in [1.29, 1.82) is 0 Å². The quantitative estimate of drug-likeness (QED) is 0.326. The Labute approximate surface area is 159 Å². The number of hydrogen-bond acceptors (Lipinski definition) is 2. The summed E-state index contributed by atoms with van der Waals surface area (Å²) < 4.78 is 100. The zero-order chi connectivity index (χ0) is 20.6. The highest BCUT2D eigenvalue weighted by molar-refractivity contribution is 7.15. The van der Waals surface area contributed by atoms with Crippen molar-refractivity contribution >= 4 is 11.3 Å². The molecule has 9 heteroatoms. The van der Waals surface area contributed by atoms with Crippen LogP contribution in [-0.2, 0) is 12.5 Å². The van der Waals surface area contributed by atoms with E-state index in [1.54, 1.807) is 6.92 Å². The molecule has 28 heavy (non-hydrogen) atoms. The molecule has 0 radical (unpaired) electrons. The fourth-order valence-corrected chi connectivity index (χ4v) is 3.44. The predicted molar refractivity (Wildman–Crippen MR) is 89.9 cm³/mol. The number of halogens is 7. The Bertz CT molecular complexity index is 1010. The third kappa shape index (κ3) is 3.84. The molecule has 0 aliphatic carbocycles. The van der Waals surface area contributed by atoms with E-state index in [9.17, 15) is 30.7 Å². The highest BCUT2D eigenvalue weighted by Gasteiger charge is 2.38. The monoisotopic (exact) mass is 420 g/mol. The number of aryl methyl sites for hydroxylation is 1. The first kappa shape index (κ1) is 20.2. The van der Waals surface area contributed by atoms with Gasteiger partial charge in [0.15, 0.2) is 17.5 Å². The van der Waals surface area contributed by atoms with Gasteiger partial charge in [-0.3, -0.25) is 0 Å². The van der Waals surface area contributed by atoms with E-state index < -0.39 is 46.5 Å². The average Bonchev–Trinajstić information content (AvgIpc) is 3.00. The van der Waals surface area contributed by atoms with E-state index in [1.807, 2.05) is 0 Å². The summed E-state index contributed by atoms with van der Waals surface area (Å²) in [5, 5.41) is 0. The van der Waals surface area contributed by atoms with Gasteiger partial charge in [-0.15, -0.1) is 11.3 Å². The van der Waals surface area contributed by atoms with Gasteiger partial charge in [-0.2, -0.15) is 8.78 Å². The van der Waals surface area contributed by atoms with Crippen molar-refractivity contribution in [3.63, 3.8) is 0 Å². The molecule has 0 bridgehead atoms. The first-order valence-electron chi connectivity index (χ1n) is 7.92. The normalized spacial score (nSPS) is 11.7. The standard InChI is InChI=1S/C19H11F7OS/c1-2-11-8-16(23)18(28-11)9-3-4-12(13(20)5-9)19(25,26)27-10-6-14(21)17(24)15(22)7-10/h3-8H,2H2,1H3. The summed E-state index contributed by atoms with van der Waals surface area (Å²) in [5.74, 6) is -8.36. The molecule has 0 atom stereocenters. The highest BCUT2D eigenvalue weighted by atomic mass is 32.1. The van der Waals surface area contributed by atoms with Crippen molar-refractivity contribution in [1.82, 2.24) is 0 Å². The molecule has 0 aliphatic rings. The van der Waals surface area contributed by atoms with Crippen molar-refractivity contribution in [3.05, 3.63) is 75.9 Å². The second-order valence-electron chi connectivity index (χ2n) is 5.76. The van der Waals surface area contributed by atoms with E-state index in [0.29, 0.717) is 23.4 Å². The van der Waals surface area contributed by atoms with Crippen LogP contribution in [-0.4, -0.2) is 0 Å². The highest BCUT2D eigenvalue weighted by Crippen LogP contribution is 2.38. The second-order valence-corrected chi connectivity index (χ2v) is 6.89. The van der Waals surface area contributed by atoms with Crippen LogP contribution in [0.3, 0.4) is 0 Å². The van der Waals surface area contributed by atoms with Crippen molar-refractivity contribution in [2.75, 3.05) is 0 Å². The summed E-state index contributed by atoms with van der Waals surface area (Å²) >= 11 is 1.06. The van der Waals surface area contributed by atoms with Gasteiger partial charge in [0.25, 0.3) is 0 Å². The van der Waals surface area contributed by atoms with Gasteiger partial charge in [0.05, 0.1) is 10.4 Å². The molecule has 1 aromatic heterocycles. The lowest BCUT2D eigenvalue weighted by Gasteiger charge is -2.19. The molecular weight excluding hydrogens is 409 g/mol. The molecule has 3 rings (SSSR count). The molecule has 1 nitrogen and oxygen atoms in total. The third-order valence-corrected chi connectivity index (χ3v) is 5.14. The molecule has 0 amide bonds. The smallest absolute Gasteiger partial charge is 0.429 e. The van der Waals surface area contributed by atoms with Crippen molar-refractivity contribution < 1.29 is 35.5 Å². The zero-order valence-corrected chi connectivity index (χ0v) is 14.9. The molecule has 0 saturated carbocycles. The fraction of sp³-hybridized carbons (Fsp3) is 0.158. The van der Waals surface area contributed by atoms with Crippen molar-refractivity contribution in [2.24, 2.45) is 0 Å². The summed E-state index contributed by atoms with van der Waals surface area (Å²) in [7, 11) is 0. The fourth-order valence-electron chi connectivity index (χ4n) is 2.47. The first-order chi connectivity index (χ1) is 13.1. The minimum atomic E-state index is -4.32.